The van der Waals surface area contributed by atoms with Crippen molar-refractivity contribution in [2.45, 2.75) is 20.4 Å². The maximum atomic E-state index is 12.0. The van der Waals surface area contributed by atoms with E-state index in [-0.39, 0.29) is 5.91 Å². The number of carbonyl (C=O) groups is 1. The average Bonchev–Trinajstić information content (AvgIpc) is 2.61. The molecule has 1 aliphatic heterocycles. The van der Waals surface area contributed by atoms with E-state index in [2.05, 4.69) is 31.3 Å². The van der Waals surface area contributed by atoms with Crippen molar-refractivity contribution in [3.8, 4) is 11.5 Å². The van der Waals surface area contributed by atoms with Crippen LogP contribution in [0.2, 0.25) is 0 Å². The molecule has 0 unspecified atom stereocenters. The molecule has 1 heterocycles. The zero-order valence-electron chi connectivity index (χ0n) is 16.0. The van der Waals surface area contributed by atoms with Crippen molar-refractivity contribution in [3.63, 3.8) is 0 Å². The molecule has 0 saturated carbocycles. The minimum atomic E-state index is 0.173. The van der Waals surface area contributed by atoms with Crippen LogP contribution >= 0.6 is 0 Å². The van der Waals surface area contributed by atoms with E-state index >= 15 is 0 Å². The van der Waals surface area contributed by atoms with Crippen LogP contribution in [-0.2, 0) is 11.3 Å². The second-order valence-corrected chi connectivity index (χ2v) is 7.24. The van der Waals surface area contributed by atoms with Crippen LogP contribution in [0.3, 0.4) is 0 Å². The maximum Gasteiger partial charge on any atom is 0.275 e. The molecule has 1 fully saturated rings. The summed E-state index contributed by atoms with van der Waals surface area (Å²) in [5, 5.41) is 3.01. The number of benzene rings is 1. The number of hydrogen-bond acceptors (Lipinski definition) is 3. The first-order valence-corrected chi connectivity index (χ1v) is 9.16. The molecular weight excluding hydrogens is 318 g/mol. The van der Waals surface area contributed by atoms with Gasteiger partial charge in [-0.2, -0.15) is 0 Å². The summed E-state index contributed by atoms with van der Waals surface area (Å²) in [5.41, 5.74) is 1.26. The number of carbonyl (C=O) groups excluding carboxylic acids is 1. The highest BCUT2D eigenvalue weighted by atomic mass is 16.5. The van der Waals surface area contributed by atoms with Gasteiger partial charge in [-0.05, 0) is 24.1 Å². The van der Waals surface area contributed by atoms with E-state index < -0.39 is 0 Å². The van der Waals surface area contributed by atoms with Crippen LogP contribution in [0.5, 0.6) is 11.5 Å². The molecular formula is C19H33N3O3+2. The van der Waals surface area contributed by atoms with Crippen molar-refractivity contribution in [2.24, 2.45) is 5.92 Å². The predicted molar refractivity (Wildman–Crippen MR) is 97.4 cm³/mol. The van der Waals surface area contributed by atoms with E-state index in [4.69, 9.17) is 9.47 Å². The van der Waals surface area contributed by atoms with E-state index in [0.29, 0.717) is 12.5 Å². The van der Waals surface area contributed by atoms with Gasteiger partial charge < -0.3 is 24.6 Å². The van der Waals surface area contributed by atoms with Crippen LogP contribution in [0.25, 0.3) is 0 Å². The minimum absolute atomic E-state index is 0.173. The summed E-state index contributed by atoms with van der Waals surface area (Å²) >= 11 is 0. The molecule has 0 aromatic heterocycles. The molecule has 25 heavy (non-hydrogen) atoms. The fourth-order valence-electron chi connectivity index (χ4n) is 3.20. The first-order chi connectivity index (χ1) is 12.0. The molecule has 1 saturated heterocycles. The molecule has 0 aliphatic carbocycles. The van der Waals surface area contributed by atoms with Crippen molar-refractivity contribution >= 4 is 5.91 Å². The number of hydrogen-bond donors (Lipinski definition) is 3. The fourth-order valence-corrected chi connectivity index (χ4v) is 3.20. The second kappa shape index (κ2) is 9.63. The van der Waals surface area contributed by atoms with Gasteiger partial charge in [0.1, 0.15) is 32.7 Å². The van der Waals surface area contributed by atoms with Crippen LogP contribution < -0.4 is 24.6 Å². The zero-order chi connectivity index (χ0) is 18.2. The number of rotatable bonds is 8. The van der Waals surface area contributed by atoms with Gasteiger partial charge in [-0.15, -0.1) is 0 Å². The van der Waals surface area contributed by atoms with Gasteiger partial charge in [0.2, 0.25) is 0 Å². The molecule has 3 N–H and O–H groups in total. The number of amides is 1. The Labute approximate surface area is 151 Å². The van der Waals surface area contributed by atoms with Gasteiger partial charge in [0.05, 0.1) is 14.2 Å². The highest BCUT2D eigenvalue weighted by molar-refractivity contribution is 5.76. The fraction of sp³-hybridized carbons (Fsp3) is 0.632. The Kier molecular flexibility index (Phi) is 7.52. The third-order valence-electron chi connectivity index (χ3n) is 4.68. The van der Waals surface area contributed by atoms with Crippen LogP contribution in [0, 0.1) is 5.92 Å². The quantitative estimate of drug-likeness (QED) is 0.549. The highest BCUT2D eigenvalue weighted by Crippen LogP contribution is 2.27. The zero-order valence-corrected chi connectivity index (χ0v) is 16.0. The van der Waals surface area contributed by atoms with Crippen LogP contribution in [0.1, 0.15) is 19.4 Å². The molecule has 1 aromatic rings. The lowest BCUT2D eigenvalue weighted by Gasteiger charge is -2.29. The molecule has 0 spiro atoms. The van der Waals surface area contributed by atoms with Crippen molar-refractivity contribution in [1.29, 1.82) is 0 Å². The van der Waals surface area contributed by atoms with Crippen molar-refractivity contribution in [3.05, 3.63) is 23.8 Å². The topological polar surface area (TPSA) is 56.4 Å². The SMILES string of the molecule is COc1ccc(C[NH+]2CC[NH+](CC(=O)NCC(C)C)CC2)cc1OC. The lowest BCUT2D eigenvalue weighted by Crippen LogP contribution is -3.28. The smallest absolute Gasteiger partial charge is 0.275 e. The van der Waals surface area contributed by atoms with Gasteiger partial charge in [-0.1, -0.05) is 13.8 Å². The number of methoxy groups -OCH3 is 2. The highest BCUT2D eigenvalue weighted by Gasteiger charge is 2.25. The van der Waals surface area contributed by atoms with Crippen LogP contribution in [-0.4, -0.2) is 59.4 Å². The molecule has 0 atom stereocenters. The lowest BCUT2D eigenvalue weighted by atomic mass is 10.1. The summed E-state index contributed by atoms with van der Waals surface area (Å²) in [7, 11) is 3.32. The standard InChI is InChI=1S/C19H31N3O3/c1-15(2)12-20-19(23)14-22-9-7-21(8-10-22)13-16-5-6-17(24-3)18(11-16)25-4/h5-6,11,15H,7-10,12-14H2,1-4H3,(H,20,23)/p+2. The van der Waals surface area contributed by atoms with E-state index in [9.17, 15) is 4.79 Å². The normalized spacial score (nSPS) is 20.4. The Balaban J connectivity index is 1.78. The summed E-state index contributed by atoms with van der Waals surface area (Å²) in [6.07, 6.45) is 0. The third-order valence-corrected chi connectivity index (χ3v) is 4.68. The monoisotopic (exact) mass is 351 g/mol. The van der Waals surface area contributed by atoms with E-state index in [0.717, 1.165) is 50.8 Å². The van der Waals surface area contributed by atoms with Gasteiger partial charge in [0.15, 0.2) is 18.0 Å². The lowest BCUT2D eigenvalue weighted by molar-refractivity contribution is -1.02. The Morgan fingerprint density at radius 2 is 1.72 bits per heavy atom. The average molecular weight is 351 g/mol. The summed E-state index contributed by atoms with van der Waals surface area (Å²) in [5.74, 6) is 2.22. The molecule has 140 valence electrons. The Bertz CT molecular complexity index is 555. The summed E-state index contributed by atoms with van der Waals surface area (Å²) in [6, 6.07) is 6.13. The van der Waals surface area contributed by atoms with Gasteiger partial charge in [-0.25, -0.2) is 0 Å². The first-order valence-electron chi connectivity index (χ1n) is 9.16. The summed E-state index contributed by atoms with van der Waals surface area (Å²) in [4.78, 5) is 14.9. The van der Waals surface area contributed by atoms with Gasteiger partial charge >= 0.3 is 0 Å². The first kappa shape index (κ1) is 19.5. The van der Waals surface area contributed by atoms with Gasteiger partial charge in [-0.3, -0.25) is 4.79 Å². The Morgan fingerprint density at radius 3 is 2.32 bits per heavy atom. The molecule has 6 nitrogen and oxygen atoms in total. The van der Waals surface area contributed by atoms with Crippen molar-refractivity contribution in [2.75, 3.05) is 53.5 Å². The summed E-state index contributed by atoms with van der Waals surface area (Å²) < 4.78 is 10.7. The van der Waals surface area contributed by atoms with Gasteiger partial charge in [0, 0.05) is 12.1 Å². The second-order valence-electron chi connectivity index (χ2n) is 7.24. The number of quaternary nitrogens is 2. The third kappa shape index (κ3) is 6.21. The van der Waals surface area contributed by atoms with Gasteiger partial charge in [0.25, 0.3) is 5.91 Å². The largest absolute Gasteiger partial charge is 0.493 e. The molecule has 1 aromatic carbocycles. The van der Waals surface area contributed by atoms with Crippen LogP contribution in [0.15, 0.2) is 18.2 Å². The molecule has 1 aliphatic rings. The predicted octanol–water partition coefficient (Wildman–Crippen LogP) is -1.24. The molecule has 6 heteroatoms. The number of piperazine rings is 1. The number of ether oxygens (including phenoxy) is 2. The van der Waals surface area contributed by atoms with Crippen LogP contribution in [0.4, 0.5) is 0 Å². The Hall–Kier alpha value is -1.79. The molecule has 0 bridgehead atoms. The van der Waals surface area contributed by atoms with Crippen molar-refractivity contribution in [1.82, 2.24) is 5.32 Å². The van der Waals surface area contributed by atoms with Crippen molar-refractivity contribution < 1.29 is 24.1 Å². The number of nitrogens with one attached hydrogen (secondary N) is 3. The molecule has 0 radical (unpaired) electrons. The van der Waals surface area contributed by atoms with E-state index in [1.54, 1.807) is 19.1 Å². The van der Waals surface area contributed by atoms with E-state index in [1.807, 2.05) is 6.07 Å². The molecule has 1 amide bonds. The Morgan fingerprint density at radius 1 is 1.08 bits per heavy atom. The minimum Gasteiger partial charge on any atom is -0.493 e. The molecule has 2 rings (SSSR count). The summed E-state index contributed by atoms with van der Waals surface area (Å²) in [6.45, 7) is 10.8. The van der Waals surface area contributed by atoms with E-state index in [1.165, 1.54) is 10.5 Å². The maximum absolute atomic E-state index is 12.0.